The van der Waals surface area contributed by atoms with E-state index in [1.807, 2.05) is 13.0 Å². The van der Waals surface area contributed by atoms with Crippen molar-refractivity contribution in [1.29, 1.82) is 0 Å². The minimum atomic E-state index is -2.73. The van der Waals surface area contributed by atoms with Crippen LogP contribution in [-0.2, 0) is 14.3 Å². The number of nitrogens with zero attached hydrogens (tertiary/aromatic N) is 3. The number of rotatable bonds is 5. The third-order valence-corrected chi connectivity index (χ3v) is 7.91. The van der Waals surface area contributed by atoms with Crippen LogP contribution in [0.2, 0.25) is 0 Å². The summed E-state index contributed by atoms with van der Waals surface area (Å²) in [6.07, 6.45) is -1.03. The van der Waals surface area contributed by atoms with Gasteiger partial charge in [-0.05, 0) is 19.1 Å². The molecule has 0 bridgehead atoms. The van der Waals surface area contributed by atoms with Crippen LogP contribution >= 0.6 is 34.8 Å². The van der Waals surface area contributed by atoms with Crippen LogP contribution in [0.15, 0.2) is 41.7 Å². The molecule has 17 heteroatoms. The number of alkyl halides is 3. The number of imide groups is 1. The molecule has 0 radical (unpaired) electrons. The summed E-state index contributed by atoms with van der Waals surface area (Å²) in [7, 11) is 0. The molecule has 4 aliphatic heterocycles. The van der Waals surface area contributed by atoms with Gasteiger partial charge in [0.25, 0.3) is 5.91 Å². The molecule has 0 saturated carbocycles. The fourth-order valence-corrected chi connectivity index (χ4v) is 5.91. The lowest BCUT2D eigenvalue weighted by Crippen LogP contribution is -2.78. The fourth-order valence-electron chi connectivity index (χ4n) is 5.75. The number of alkyl carbamates (subject to hydrolysis) is 1. The van der Waals surface area contributed by atoms with Gasteiger partial charge < -0.3 is 35.8 Å². The van der Waals surface area contributed by atoms with Crippen LogP contribution in [0.5, 0.6) is 0 Å². The van der Waals surface area contributed by atoms with Gasteiger partial charge in [-0.3, -0.25) is 24.6 Å². The van der Waals surface area contributed by atoms with Crippen LogP contribution in [0.4, 0.5) is 4.79 Å². The molecule has 1 aromatic rings. The Bertz CT molecular complexity index is 1370. The largest absolute Gasteiger partial charge is 0.445 e. The molecular weight excluding hydrogens is 617 g/mol. The standard InChI is InChI=1S/C25H28Cl3N7O7/c1-12-4-3-5-14(8-12)20(38)31-16-10-35-21(32-22(39)42-11-23(26,27)28)30-15(9-34-17(36)6-7-18(34)37)19-24(35,25(16,40)41)33-13(2)29-19/h3-5,8,15-16,19,29,33,40-41H,2,6-7,9-11H2,1H3,(H,31,38)(H,30,32,39)/t15-,16?,19-,24-/m0/s1. The van der Waals surface area contributed by atoms with Gasteiger partial charge in [-0.25, -0.2) is 9.79 Å². The number of hydrogen-bond donors (Lipinski definition) is 6. The third kappa shape index (κ3) is 5.33. The molecule has 0 aromatic heterocycles. The quantitative estimate of drug-likeness (QED) is 0.143. The summed E-state index contributed by atoms with van der Waals surface area (Å²) in [6, 6.07) is 3.35. The second-order valence-corrected chi connectivity index (χ2v) is 13.0. The van der Waals surface area contributed by atoms with E-state index < -0.39 is 63.8 Å². The van der Waals surface area contributed by atoms with E-state index in [1.54, 1.807) is 18.2 Å². The van der Waals surface area contributed by atoms with Crippen LogP contribution < -0.4 is 21.3 Å². The van der Waals surface area contributed by atoms with E-state index in [0.717, 1.165) is 10.5 Å². The van der Waals surface area contributed by atoms with E-state index in [4.69, 9.17) is 39.5 Å². The number of halogens is 3. The number of ether oxygens (including phenoxy) is 1. The minimum absolute atomic E-state index is 0.0288. The number of aryl methyl sites for hydroxylation is 1. The van der Waals surface area contributed by atoms with Crippen LogP contribution in [0.1, 0.15) is 28.8 Å². The zero-order valence-electron chi connectivity index (χ0n) is 22.2. The molecule has 5 rings (SSSR count). The van der Waals surface area contributed by atoms with Crippen molar-refractivity contribution in [3.63, 3.8) is 0 Å². The van der Waals surface area contributed by atoms with Crippen molar-refractivity contribution < 1.29 is 34.1 Å². The maximum absolute atomic E-state index is 13.2. The summed E-state index contributed by atoms with van der Waals surface area (Å²) in [5.74, 6) is -4.18. The second-order valence-electron chi connectivity index (χ2n) is 10.5. The zero-order valence-corrected chi connectivity index (χ0v) is 24.5. The van der Waals surface area contributed by atoms with E-state index in [9.17, 15) is 29.4 Å². The van der Waals surface area contributed by atoms with E-state index in [0.29, 0.717) is 0 Å². The number of aliphatic imine (C=N–C) groups is 1. The molecule has 42 heavy (non-hydrogen) atoms. The lowest BCUT2D eigenvalue weighted by molar-refractivity contribution is -0.231. The number of aliphatic hydroxyl groups is 2. The van der Waals surface area contributed by atoms with Crippen molar-refractivity contribution >= 4 is 64.6 Å². The van der Waals surface area contributed by atoms with Crippen LogP contribution in [-0.4, -0.2) is 103 Å². The predicted octanol–water partition coefficient (Wildman–Crippen LogP) is -0.198. The van der Waals surface area contributed by atoms with Crippen LogP contribution in [0, 0.1) is 6.92 Å². The molecule has 3 fully saturated rings. The third-order valence-electron chi connectivity index (χ3n) is 7.58. The Morgan fingerprint density at radius 3 is 2.57 bits per heavy atom. The highest BCUT2D eigenvalue weighted by atomic mass is 35.6. The number of nitrogens with one attached hydrogen (secondary N) is 4. The van der Waals surface area contributed by atoms with Crippen molar-refractivity contribution in [2.75, 3.05) is 19.7 Å². The first-order valence-corrected chi connectivity index (χ1v) is 14.0. The monoisotopic (exact) mass is 643 g/mol. The van der Waals surface area contributed by atoms with Gasteiger partial charge in [-0.2, -0.15) is 0 Å². The smallest absolute Gasteiger partial charge is 0.414 e. The van der Waals surface area contributed by atoms with Gasteiger partial charge in [0.05, 0.1) is 24.4 Å². The molecule has 4 atom stereocenters. The van der Waals surface area contributed by atoms with Gasteiger partial charge in [-0.1, -0.05) is 59.1 Å². The van der Waals surface area contributed by atoms with Gasteiger partial charge in [0, 0.05) is 24.9 Å². The Morgan fingerprint density at radius 1 is 1.24 bits per heavy atom. The number of likely N-dealkylation sites (tertiary alicyclic amines) is 1. The van der Waals surface area contributed by atoms with E-state index >= 15 is 0 Å². The molecule has 4 amide bonds. The minimum Gasteiger partial charge on any atom is -0.445 e. The number of benzene rings is 1. The Kier molecular flexibility index (Phi) is 7.73. The number of guanidine groups is 1. The first-order valence-electron chi connectivity index (χ1n) is 12.9. The SMILES string of the molecule is C=C1N[C@H]2[C@H](CN3C(=O)CCC3=O)N=C(NC(=O)OCC(Cl)(Cl)Cl)N3CC(NC(=O)c4cccc(C)c4)C(O)(O)[C@]23N1. The topological polar surface area (TPSA) is 185 Å². The van der Waals surface area contributed by atoms with E-state index in [-0.39, 0.29) is 43.3 Å². The summed E-state index contributed by atoms with van der Waals surface area (Å²) in [6.45, 7) is 4.56. The molecule has 14 nitrogen and oxygen atoms in total. The number of hydrogen-bond acceptors (Lipinski definition) is 11. The first-order chi connectivity index (χ1) is 19.6. The van der Waals surface area contributed by atoms with E-state index in [2.05, 4.69) is 32.8 Å². The van der Waals surface area contributed by atoms with Crippen molar-refractivity contribution in [2.24, 2.45) is 4.99 Å². The summed E-state index contributed by atoms with van der Waals surface area (Å²) in [5, 5.41) is 34.6. The molecule has 0 aliphatic carbocycles. The highest BCUT2D eigenvalue weighted by Gasteiger charge is 2.74. The van der Waals surface area contributed by atoms with Crippen molar-refractivity contribution in [1.82, 2.24) is 31.1 Å². The summed E-state index contributed by atoms with van der Waals surface area (Å²) in [5.41, 5.74) is -0.786. The average molecular weight is 645 g/mol. The Labute approximate surface area is 255 Å². The van der Waals surface area contributed by atoms with Crippen molar-refractivity contribution in [3.05, 3.63) is 47.8 Å². The Hall–Kier alpha value is -3.30. The predicted molar refractivity (Wildman–Crippen MR) is 150 cm³/mol. The molecule has 4 aliphatic rings. The molecule has 1 aromatic carbocycles. The Balaban J connectivity index is 1.51. The molecule has 1 unspecified atom stereocenters. The normalized spacial score (nSPS) is 28.0. The summed E-state index contributed by atoms with van der Waals surface area (Å²) in [4.78, 5) is 57.7. The van der Waals surface area contributed by atoms with Crippen molar-refractivity contribution in [2.45, 2.75) is 53.1 Å². The average Bonchev–Trinajstić information content (AvgIpc) is 3.49. The number of carbonyl (C=O) groups is 4. The molecule has 6 N–H and O–H groups in total. The maximum atomic E-state index is 13.2. The summed E-state index contributed by atoms with van der Waals surface area (Å²) >= 11 is 17.1. The lowest BCUT2D eigenvalue weighted by atomic mass is 9.85. The van der Waals surface area contributed by atoms with Gasteiger partial charge >= 0.3 is 6.09 Å². The summed E-state index contributed by atoms with van der Waals surface area (Å²) < 4.78 is 3.08. The number of carbonyl (C=O) groups excluding carboxylic acids is 4. The molecule has 4 heterocycles. The van der Waals surface area contributed by atoms with Gasteiger partial charge in [0.1, 0.15) is 12.6 Å². The highest BCUT2D eigenvalue weighted by molar-refractivity contribution is 6.67. The van der Waals surface area contributed by atoms with Gasteiger partial charge in [0.15, 0.2) is 5.66 Å². The second kappa shape index (κ2) is 10.8. The molecule has 3 saturated heterocycles. The Morgan fingerprint density at radius 2 is 1.93 bits per heavy atom. The maximum Gasteiger partial charge on any atom is 0.414 e. The zero-order chi connectivity index (χ0) is 30.6. The van der Waals surface area contributed by atoms with Gasteiger partial charge in [-0.15, -0.1) is 0 Å². The molecule has 226 valence electrons. The first kappa shape index (κ1) is 30.2. The molecule has 1 spiro atoms. The van der Waals surface area contributed by atoms with Gasteiger partial charge in [0.2, 0.25) is 27.4 Å². The lowest BCUT2D eigenvalue weighted by Gasteiger charge is -2.49. The van der Waals surface area contributed by atoms with Crippen molar-refractivity contribution in [3.8, 4) is 0 Å². The van der Waals surface area contributed by atoms with E-state index in [1.165, 1.54) is 4.90 Å². The fraction of sp³-hybridized carbons (Fsp3) is 0.480. The number of amides is 4. The molecular formula is C25H28Cl3N7O7. The van der Waals surface area contributed by atoms with Crippen LogP contribution in [0.25, 0.3) is 0 Å². The highest BCUT2D eigenvalue weighted by Crippen LogP contribution is 2.45. The van der Waals surface area contributed by atoms with Crippen LogP contribution in [0.3, 0.4) is 0 Å².